The highest BCUT2D eigenvalue weighted by atomic mass is 32.2. The first kappa shape index (κ1) is 20.2. The molecule has 0 radical (unpaired) electrons. The maximum Gasteiger partial charge on any atom is 0.266 e. The number of aryl methyl sites for hydroxylation is 1. The van der Waals surface area contributed by atoms with Gasteiger partial charge in [0.2, 0.25) is 5.91 Å². The van der Waals surface area contributed by atoms with Gasteiger partial charge in [0.1, 0.15) is 11.6 Å². The summed E-state index contributed by atoms with van der Waals surface area (Å²) < 4.78 is 28.9. The molecule has 10 heteroatoms. The second-order valence-electron chi connectivity index (χ2n) is 6.28. The predicted molar refractivity (Wildman–Crippen MR) is 113 cm³/mol. The summed E-state index contributed by atoms with van der Waals surface area (Å²) in [5, 5.41) is 5.35. The van der Waals surface area contributed by atoms with Crippen LogP contribution in [0.5, 0.6) is 0 Å². The molecule has 0 unspecified atom stereocenters. The highest BCUT2D eigenvalue weighted by Crippen LogP contribution is 2.24. The third-order valence-corrected chi connectivity index (χ3v) is 5.91. The smallest absolute Gasteiger partial charge is 0.266 e. The predicted octanol–water partition coefficient (Wildman–Crippen LogP) is 4.16. The highest BCUT2D eigenvalue weighted by molar-refractivity contribution is 7.99. The van der Waals surface area contributed by atoms with Gasteiger partial charge in [-0.25, -0.2) is 18.7 Å². The van der Waals surface area contributed by atoms with Crippen molar-refractivity contribution in [3.63, 3.8) is 0 Å². The van der Waals surface area contributed by atoms with Crippen molar-refractivity contribution >= 4 is 45.0 Å². The van der Waals surface area contributed by atoms with Crippen LogP contribution in [0, 0.1) is 18.6 Å². The van der Waals surface area contributed by atoms with E-state index in [4.69, 9.17) is 0 Å². The van der Waals surface area contributed by atoms with Crippen molar-refractivity contribution in [3.8, 4) is 5.69 Å². The fraction of sp³-hybridized carbons (Fsp3) is 0.100. The van der Waals surface area contributed by atoms with Crippen LogP contribution in [0.15, 0.2) is 57.8 Å². The fourth-order valence-corrected chi connectivity index (χ4v) is 4.29. The number of fused-ring (bicyclic) bond motifs is 1. The Labute approximate surface area is 177 Å². The minimum Gasteiger partial charge on any atom is -0.301 e. The summed E-state index contributed by atoms with van der Waals surface area (Å²) in [7, 11) is 0. The number of halogens is 2. The minimum atomic E-state index is -0.904. The van der Waals surface area contributed by atoms with Crippen molar-refractivity contribution in [2.75, 3.05) is 11.1 Å². The number of hydrogen-bond acceptors (Lipinski definition) is 6. The molecular weight excluding hydrogens is 430 g/mol. The monoisotopic (exact) mass is 444 g/mol. The lowest BCUT2D eigenvalue weighted by Crippen LogP contribution is -2.23. The van der Waals surface area contributed by atoms with Crippen LogP contribution in [0.4, 0.5) is 13.9 Å². The van der Waals surface area contributed by atoms with Crippen LogP contribution in [0.1, 0.15) is 5.69 Å². The van der Waals surface area contributed by atoms with Crippen LogP contribution >= 0.6 is 23.1 Å². The van der Waals surface area contributed by atoms with Crippen molar-refractivity contribution in [2.24, 2.45) is 0 Å². The molecule has 0 saturated carbocycles. The summed E-state index contributed by atoms with van der Waals surface area (Å²) in [6.45, 7) is 1.82. The lowest BCUT2D eigenvalue weighted by Gasteiger charge is -2.13. The molecule has 4 rings (SSSR count). The van der Waals surface area contributed by atoms with E-state index in [2.05, 4.69) is 15.3 Å². The van der Waals surface area contributed by atoms with E-state index in [1.807, 2.05) is 12.3 Å². The summed E-state index contributed by atoms with van der Waals surface area (Å²) in [4.78, 5) is 34.0. The van der Waals surface area contributed by atoms with E-state index in [-0.39, 0.29) is 27.9 Å². The van der Waals surface area contributed by atoms with Crippen LogP contribution < -0.4 is 10.9 Å². The van der Waals surface area contributed by atoms with E-state index in [0.29, 0.717) is 16.7 Å². The molecule has 0 spiro atoms. The van der Waals surface area contributed by atoms with Gasteiger partial charge in [-0.3, -0.25) is 14.2 Å². The molecule has 30 heavy (non-hydrogen) atoms. The molecule has 2 heterocycles. The maximum atomic E-state index is 14.5. The van der Waals surface area contributed by atoms with Gasteiger partial charge in [0.05, 0.1) is 28.0 Å². The number of rotatable bonds is 5. The molecule has 0 atom stereocenters. The summed E-state index contributed by atoms with van der Waals surface area (Å²) in [5.41, 5.74) is 0.558. The Bertz CT molecular complexity index is 1320. The molecule has 0 aliphatic heterocycles. The molecule has 2 aromatic carbocycles. The first-order valence-electron chi connectivity index (χ1n) is 8.74. The minimum absolute atomic E-state index is 0.0772. The van der Waals surface area contributed by atoms with Gasteiger partial charge >= 0.3 is 0 Å². The summed E-state index contributed by atoms with van der Waals surface area (Å²) in [5.74, 6) is -2.08. The average molecular weight is 444 g/mol. The molecule has 4 aromatic rings. The molecule has 0 fully saturated rings. The van der Waals surface area contributed by atoms with Gasteiger partial charge in [-0.2, -0.15) is 0 Å². The summed E-state index contributed by atoms with van der Waals surface area (Å²) >= 11 is 2.27. The number of amides is 1. The molecule has 1 amide bonds. The van der Waals surface area contributed by atoms with Crippen molar-refractivity contribution in [1.29, 1.82) is 0 Å². The number of nitrogens with one attached hydrogen (secondary N) is 1. The average Bonchev–Trinajstić information content (AvgIpc) is 3.12. The van der Waals surface area contributed by atoms with Crippen LogP contribution in [0.25, 0.3) is 16.6 Å². The molecule has 0 aliphatic rings. The second kappa shape index (κ2) is 8.33. The van der Waals surface area contributed by atoms with Gasteiger partial charge < -0.3 is 5.32 Å². The van der Waals surface area contributed by atoms with Crippen molar-refractivity contribution < 1.29 is 13.6 Å². The van der Waals surface area contributed by atoms with Crippen molar-refractivity contribution in [2.45, 2.75) is 12.1 Å². The molecular formula is C20H14F2N4O2S2. The largest absolute Gasteiger partial charge is 0.301 e. The molecule has 152 valence electrons. The van der Waals surface area contributed by atoms with E-state index >= 15 is 0 Å². The standard InChI is InChI=1S/C20H14F2N4O2S2/c1-11-9-29-19(23-11)25-17(27)10-30-20-24-15-5-3-2-4-13(15)18(28)26(20)16-7-6-12(21)8-14(16)22/h2-9H,10H2,1H3,(H,23,25,27). The number of hydrogen-bond donors (Lipinski definition) is 1. The van der Waals surface area contributed by atoms with E-state index in [9.17, 15) is 18.4 Å². The van der Waals surface area contributed by atoms with Crippen LogP contribution in [-0.4, -0.2) is 26.2 Å². The van der Waals surface area contributed by atoms with Gasteiger partial charge in [0.25, 0.3) is 5.56 Å². The van der Waals surface area contributed by atoms with Gasteiger partial charge in [0, 0.05) is 11.4 Å². The number of thioether (sulfide) groups is 1. The summed E-state index contributed by atoms with van der Waals surface area (Å²) in [6.07, 6.45) is 0. The highest BCUT2D eigenvalue weighted by Gasteiger charge is 2.18. The van der Waals surface area contributed by atoms with Crippen molar-refractivity contribution in [3.05, 3.63) is 75.5 Å². The van der Waals surface area contributed by atoms with E-state index < -0.39 is 17.2 Å². The summed E-state index contributed by atoms with van der Waals surface area (Å²) in [6, 6.07) is 9.57. The normalized spacial score (nSPS) is 11.0. The third-order valence-electron chi connectivity index (χ3n) is 4.09. The molecule has 2 aromatic heterocycles. The molecule has 6 nitrogen and oxygen atoms in total. The topological polar surface area (TPSA) is 76.9 Å². The van der Waals surface area contributed by atoms with Gasteiger partial charge in [-0.05, 0) is 31.2 Å². The Balaban J connectivity index is 1.72. The SMILES string of the molecule is Cc1csc(NC(=O)CSc2nc3ccccc3c(=O)n2-c2ccc(F)cc2F)n1. The number of carbonyl (C=O) groups is 1. The lowest BCUT2D eigenvalue weighted by molar-refractivity contribution is -0.113. The Morgan fingerprint density at radius 1 is 1.20 bits per heavy atom. The number of carbonyl (C=O) groups excluding carboxylic acids is 1. The number of nitrogens with zero attached hydrogens (tertiary/aromatic N) is 3. The first-order chi connectivity index (χ1) is 14.4. The molecule has 1 N–H and O–H groups in total. The zero-order chi connectivity index (χ0) is 21.3. The number of aromatic nitrogens is 3. The zero-order valence-electron chi connectivity index (χ0n) is 15.6. The van der Waals surface area contributed by atoms with Crippen molar-refractivity contribution in [1.82, 2.24) is 14.5 Å². The van der Waals surface area contributed by atoms with Gasteiger partial charge in [0.15, 0.2) is 10.3 Å². The number of benzene rings is 2. The van der Waals surface area contributed by atoms with Crippen LogP contribution in [0.2, 0.25) is 0 Å². The first-order valence-corrected chi connectivity index (χ1v) is 10.6. The second-order valence-corrected chi connectivity index (χ2v) is 8.08. The number of para-hydroxylation sites is 1. The van der Waals surface area contributed by atoms with Crippen LogP contribution in [0.3, 0.4) is 0 Å². The Kier molecular flexibility index (Phi) is 5.60. The number of thiazole rings is 1. The molecule has 0 saturated heterocycles. The maximum absolute atomic E-state index is 14.5. The lowest BCUT2D eigenvalue weighted by atomic mass is 10.2. The van der Waals surface area contributed by atoms with E-state index in [0.717, 1.165) is 28.1 Å². The Morgan fingerprint density at radius 2 is 2.00 bits per heavy atom. The van der Waals surface area contributed by atoms with E-state index in [1.165, 1.54) is 17.4 Å². The number of anilines is 1. The molecule has 0 bridgehead atoms. The quantitative estimate of drug-likeness (QED) is 0.370. The van der Waals surface area contributed by atoms with Gasteiger partial charge in [-0.1, -0.05) is 23.9 Å². The van der Waals surface area contributed by atoms with Crippen LogP contribution in [-0.2, 0) is 4.79 Å². The third kappa shape index (κ3) is 4.10. The molecule has 0 aliphatic carbocycles. The zero-order valence-corrected chi connectivity index (χ0v) is 17.2. The van der Waals surface area contributed by atoms with Gasteiger partial charge in [-0.15, -0.1) is 11.3 Å². The Morgan fingerprint density at radius 3 is 2.73 bits per heavy atom. The fourth-order valence-electron chi connectivity index (χ4n) is 2.78. The van der Waals surface area contributed by atoms with E-state index in [1.54, 1.807) is 24.3 Å². The Hall–Kier alpha value is -3.11.